The van der Waals surface area contributed by atoms with Crippen molar-refractivity contribution in [2.45, 2.75) is 6.54 Å². The van der Waals surface area contributed by atoms with Crippen LogP contribution in [0.1, 0.15) is 15.9 Å². The third-order valence-electron chi connectivity index (χ3n) is 4.35. The average molecular weight is 363 g/mol. The van der Waals surface area contributed by atoms with Gasteiger partial charge in [-0.15, -0.1) is 0 Å². The predicted molar refractivity (Wildman–Crippen MR) is 95.6 cm³/mol. The van der Waals surface area contributed by atoms with Gasteiger partial charge in [-0.25, -0.2) is 4.39 Å². The molecule has 0 aliphatic carbocycles. The van der Waals surface area contributed by atoms with Gasteiger partial charge in [0.15, 0.2) is 11.6 Å². The second-order valence-corrected chi connectivity index (χ2v) is 6.48. The van der Waals surface area contributed by atoms with E-state index >= 15 is 0 Å². The SMILES string of the molecule is COc1ccc(C(=O)N2CCN(Cc3cccc(Cl)c3)CC2)cc1F. The van der Waals surface area contributed by atoms with Gasteiger partial charge >= 0.3 is 0 Å². The van der Waals surface area contributed by atoms with E-state index in [1.807, 2.05) is 24.3 Å². The predicted octanol–water partition coefficient (Wildman–Crippen LogP) is 3.45. The third kappa shape index (κ3) is 4.30. The smallest absolute Gasteiger partial charge is 0.254 e. The second kappa shape index (κ2) is 7.85. The molecular weight excluding hydrogens is 343 g/mol. The van der Waals surface area contributed by atoms with Crippen LogP contribution in [0, 0.1) is 5.82 Å². The van der Waals surface area contributed by atoms with Crippen LogP contribution in [0.15, 0.2) is 42.5 Å². The molecule has 25 heavy (non-hydrogen) atoms. The lowest BCUT2D eigenvalue weighted by Crippen LogP contribution is -2.48. The largest absolute Gasteiger partial charge is 0.494 e. The van der Waals surface area contributed by atoms with Crippen LogP contribution in [0.4, 0.5) is 4.39 Å². The Morgan fingerprint density at radius 3 is 2.56 bits per heavy atom. The number of rotatable bonds is 4. The van der Waals surface area contributed by atoms with Gasteiger partial charge in [-0.1, -0.05) is 23.7 Å². The van der Waals surface area contributed by atoms with Crippen LogP contribution in [-0.4, -0.2) is 49.0 Å². The summed E-state index contributed by atoms with van der Waals surface area (Å²) in [6, 6.07) is 12.1. The number of nitrogens with zero attached hydrogens (tertiary/aromatic N) is 2. The van der Waals surface area contributed by atoms with Crippen molar-refractivity contribution < 1.29 is 13.9 Å². The number of methoxy groups -OCH3 is 1. The summed E-state index contributed by atoms with van der Waals surface area (Å²) in [7, 11) is 1.40. The van der Waals surface area contributed by atoms with E-state index in [0.717, 1.165) is 30.2 Å². The molecule has 0 spiro atoms. The highest BCUT2D eigenvalue weighted by Crippen LogP contribution is 2.20. The fourth-order valence-corrected chi connectivity index (χ4v) is 3.20. The van der Waals surface area contributed by atoms with Crippen molar-refractivity contribution in [3.63, 3.8) is 0 Å². The maximum Gasteiger partial charge on any atom is 0.254 e. The van der Waals surface area contributed by atoms with Gasteiger partial charge in [0, 0.05) is 43.3 Å². The van der Waals surface area contributed by atoms with Crippen LogP contribution in [0.2, 0.25) is 5.02 Å². The van der Waals surface area contributed by atoms with E-state index in [1.165, 1.54) is 19.2 Å². The van der Waals surface area contributed by atoms with E-state index in [4.69, 9.17) is 16.3 Å². The molecule has 1 heterocycles. The number of halogens is 2. The molecule has 0 bridgehead atoms. The topological polar surface area (TPSA) is 32.8 Å². The van der Waals surface area contributed by atoms with E-state index < -0.39 is 5.82 Å². The lowest BCUT2D eigenvalue weighted by molar-refractivity contribution is 0.0628. The van der Waals surface area contributed by atoms with Gasteiger partial charge in [0.2, 0.25) is 0 Å². The number of hydrogen-bond donors (Lipinski definition) is 0. The van der Waals surface area contributed by atoms with Crippen LogP contribution in [0.5, 0.6) is 5.75 Å². The molecule has 0 aromatic heterocycles. The number of hydrogen-bond acceptors (Lipinski definition) is 3. The summed E-state index contributed by atoms with van der Waals surface area (Å²) in [5, 5.41) is 0.729. The zero-order chi connectivity index (χ0) is 17.8. The number of carbonyl (C=O) groups is 1. The Kier molecular flexibility index (Phi) is 5.56. The summed E-state index contributed by atoms with van der Waals surface area (Å²) in [5.74, 6) is -0.528. The summed E-state index contributed by atoms with van der Waals surface area (Å²) in [4.78, 5) is 16.6. The molecule has 0 N–H and O–H groups in total. The molecule has 1 saturated heterocycles. The Balaban J connectivity index is 1.58. The van der Waals surface area contributed by atoms with Crippen molar-refractivity contribution in [3.05, 3.63) is 64.4 Å². The molecule has 132 valence electrons. The van der Waals surface area contributed by atoms with Crippen molar-refractivity contribution >= 4 is 17.5 Å². The highest BCUT2D eigenvalue weighted by atomic mass is 35.5. The first kappa shape index (κ1) is 17.7. The Morgan fingerprint density at radius 2 is 1.92 bits per heavy atom. The summed E-state index contributed by atoms with van der Waals surface area (Å²) in [6.07, 6.45) is 0. The number of benzene rings is 2. The molecule has 4 nitrogen and oxygen atoms in total. The van der Waals surface area contributed by atoms with Gasteiger partial charge in [-0.3, -0.25) is 9.69 Å². The summed E-state index contributed by atoms with van der Waals surface area (Å²) in [6.45, 7) is 3.59. The first-order valence-corrected chi connectivity index (χ1v) is 8.54. The molecule has 1 fully saturated rings. The highest BCUT2D eigenvalue weighted by molar-refractivity contribution is 6.30. The first-order valence-electron chi connectivity index (χ1n) is 8.16. The molecular formula is C19H20ClFN2O2. The zero-order valence-corrected chi connectivity index (χ0v) is 14.8. The quantitative estimate of drug-likeness (QED) is 0.835. The van der Waals surface area contributed by atoms with Gasteiger partial charge in [-0.2, -0.15) is 0 Å². The zero-order valence-electron chi connectivity index (χ0n) is 14.0. The Bertz CT molecular complexity index is 761. The fourth-order valence-electron chi connectivity index (χ4n) is 2.98. The van der Waals surface area contributed by atoms with Gasteiger partial charge < -0.3 is 9.64 Å². The third-order valence-corrected chi connectivity index (χ3v) is 4.59. The standard InChI is InChI=1S/C19H20ClFN2O2/c1-25-18-6-5-15(12-17(18)21)19(24)23-9-7-22(8-10-23)13-14-3-2-4-16(20)11-14/h2-6,11-12H,7-10,13H2,1H3. The Labute approximate surface area is 151 Å². The minimum absolute atomic E-state index is 0.142. The molecule has 0 saturated carbocycles. The Hall–Kier alpha value is -2.11. The van der Waals surface area contributed by atoms with Gasteiger partial charge in [0.1, 0.15) is 0 Å². The molecule has 1 aliphatic rings. The Morgan fingerprint density at radius 1 is 1.16 bits per heavy atom. The molecule has 3 rings (SSSR count). The minimum Gasteiger partial charge on any atom is -0.494 e. The second-order valence-electron chi connectivity index (χ2n) is 6.05. The average Bonchev–Trinajstić information content (AvgIpc) is 2.62. The molecule has 2 aromatic rings. The normalized spacial score (nSPS) is 15.2. The summed E-state index contributed by atoms with van der Waals surface area (Å²) in [5.41, 5.74) is 1.51. The maximum absolute atomic E-state index is 13.8. The fraction of sp³-hybridized carbons (Fsp3) is 0.316. The van der Waals surface area contributed by atoms with Crippen LogP contribution in [-0.2, 0) is 6.54 Å². The van der Waals surface area contributed by atoms with Crippen LogP contribution < -0.4 is 4.74 Å². The molecule has 0 unspecified atom stereocenters. The minimum atomic E-state index is -0.520. The highest BCUT2D eigenvalue weighted by Gasteiger charge is 2.23. The van der Waals surface area contributed by atoms with Crippen molar-refractivity contribution in [2.75, 3.05) is 33.3 Å². The number of carbonyl (C=O) groups excluding carboxylic acids is 1. The number of amides is 1. The van der Waals surface area contributed by atoms with Gasteiger partial charge in [0.05, 0.1) is 7.11 Å². The molecule has 1 amide bonds. The monoisotopic (exact) mass is 362 g/mol. The number of ether oxygens (including phenoxy) is 1. The molecule has 0 atom stereocenters. The molecule has 6 heteroatoms. The molecule has 0 radical (unpaired) electrons. The summed E-state index contributed by atoms with van der Waals surface area (Å²) < 4.78 is 18.7. The van der Waals surface area contributed by atoms with Crippen LogP contribution in [0.25, 0.3) is 0 Å². The number of piperazine rings is 1. The van der Waals surface area contributed by atoms with E-state index in [2.05, 4.69) is 4.90 Å². The van der Waals surface area contributed by atoms with Crippen molar-refractivity contribution in [1.29, 1.82) is 0 Å². The molecule has 1 aliphatic heterocycles. The first-order chi connectivity index (χ1) is 12.1. The lowest BCUT2D eigenvalue weighted by Gasteiger charge is -2.34. The van der Waals surface area contributed by atoms with Crippen molar-refractivity contribution in [2.24, 2.45) is 0 Å². The van der Waals surface area contributed by atoms with E-state index in [1.54, 1.807) is 11.0 Å². The molecule has 2 aromatic carbocycles. The summed E-state index contributed by atoms with van der Waals surface area (Å²) >= 11 is 6.02. The van der Waals surface area contributed by atoms with Crippen molar-refractivity contribution in [3.8, 4) is 5.75 Å². The van der Waals surface area contributed by atoms with E-state index in [9.17, 15) is 9.18 Å². The van der Waals surface area contributed by atoms with Gasteiger partial charge in [0.25, 0.3) is 5.91 Å². The van der Waals surface area contributed by atoms with Crippen LogP contribution in [0.3, 0.4) is 0 Å². The van der Waals surface area contributed by atoms with Crippen molar-refractivity contribution in [1.82, 2.24) is 9.80 Å². The van der Waals surface area contributed by atoms with E-state index in [-0.39, 0.29) is 11.7 Å². The lowest BCUT2D eigenvalue weighted by atomic mass is 10.1. The van der Waals surface area contributed by atoms with Crippen LogP contribution >= 0.6 is 11.6 Å². The van der Waals surface area contributed by atoms with Gasteiger partial charge in [-0.05, 0) is 35.9 Å². The maximum atomic E-state index is 13.8. The van der Waals surface area contributed by atoms with E-state index in [0.29, 0.717) is 18.7 Å².